The van der Waals surface area contributed by atoms with Crippen molar-refractivity contribution in [3.8, 4) is 5.69 Å². The average Bonchev–Trinajstić information content (AvgIpc) is 3.63. The number of ether oxygens (including phenoxy) is 1. The second-order valence-corrected chi connectivity index (χ2v) is 9.65. The number of hydrogen-bond donors (Lipinski definition) is 2. The van der Waals surface area contributed by atoms with Gasteiger partial charge in [-0.25, -0.2) is 10.2 Å². The SMILES string of the molecule is Cc1csc(C(=O)NNC(=O)OCCN2CCN(Cc3cc4ccccc4o3)CC2)c1-n1cccc1. The van der Waals surface area contributed by atoms with Gasteiger partial charge in [0.15, 0.2) is 0 Å². The van der Waals surface area contributed by atoms with Crippen molar-refractivity contribution >= 4 is 34.3 Å². The highest BCUT2D eigenvalue weighted by Gasteiger charge is 2.20. The Morgan fingerprint density at radius 2 is 1.78 bits per heavy atom. The Labute approximate surface area is 213 Å². The molecule has 0 spiro atoms. The van der Waals surface area contributed by atoms with E-state index in [9.17, 15) is 9.59 Å². The van der Waals surface area contributed by atoms with Crippen LogP contribution in [0.3, 0.4) is 0 Å². The third kappa shape index (κ3) is 5.62. The van der Waals surface area contributed by atoms with Gasteiger partial charge < -0.3 is 13.7 Å². The van der Waals surface area contributed by atoms with Gasteiger partial charge in [0.1, 0.15) is 22.8 Å². The number of carbonyl (C=O) groups excluding carboxylic acids is 2. The minimum absolute atomic E-state index is 0.248. The van der Waals surface area contributed by atoms with Gasteiger partial charge in [-0.1, -0.05) is 18.2 Å². The first-order valence-electron chi connectivity index (χ1n) is 11.9. The van der Waals surface area contributed by atoms with E-state index in [1.165, 1.54) is 11.3 Å². The molecule has 188 valence electrons. The quantitative estimate of drug-likeness (QED) is 0.370. The van der Waals surface area contributed by atoms with Gasteiger partial charge in [0.2, 0.25) is 0 Å². The van der Waals surface area contributed by atoms with Crippen molar-refractivity contribution in [1.82, 2.24) is 25.2 Å². The van der Waals surface area contributed by atoms with Gasteiger partial charge in [-0.2, -0.15) is 0 Å². The van der Waals surface area contributed by atoms with Crippen LogP contribution < -0.4 is 10.9 Å². The fraction of sp³-hybridized carbons (Fsp3) is 0.308. The van der Waals surface area contributed by atoms with E-state index in [0.717, 1.165) is 60.7 Å². The molecule has 0 unspecified atom stereocenters. The normalized spacial score (nSPS) is 14.7. The number of benzene rings is 1. The number of para-hydroxylation sites is 1. The number of furan rings is 1. The van der Waals surface area contributed by atoms with Gasteiger partial charge in [-0.05, 0) is 42.1 Å². The third-order valence-corrected chi connectivity index (χ3v) is 7.34. The fourth-order valence-corrected chi connectivity index (χ4v) is 5.32. The van der Waals surface area contributed by atoms with Gasteiger partial charge in [-0.3, -0.25) is 20.0 Å². The number of carbonyl (C=O) groups is 2. The number of rotatable bonds is 7. The smallest absolute Gasteiger partial charge is 0.426 e. The Balaban J connectivity index is 1.01. The van der Waals surface area contributed by atoms with Crippen LogP contribution in [0, 0.1) is 6.92 Å². The van der Waals surface area contributed by atoms with E-state index in [1.54, 1.807) is 0 Å². The van der Waals surface area contributed by atoms with Crippen molar-refractivity contribution in [2.45, 2.75) is 13.5 Å². The molecule has 0 bridgehead atoms. The molecule has 2 amide bonds. The van der Waals surface area contributed by atoms with Crippen LogP contribution in [0.2, 0.25) is 0 Å². The number of fused-ring (bicyclic) bond motifs is 1. The molecule has 2 N–H and O–H groups in total. The molecule has 1 aromatic carbocycles. The Kier molecular flexibility index (Phi) is 7.36. The third-order valence-electron chi connectivity index (χ3n) is 6.25. The number of nitrogens with one attached hydrogen (secondary N) is 2. The minimum atomic E-state index is -0.678. The van der Waals surface area contributed by atoms with Crippen LogP contribution in [-0.4, -0.2) is 65.7 Å². The molecular weight excluding hydrogens is 478 g/mol. The number of aryl methyl sites for hydroxylation is 1. The molecule has 3 aromatic heterocycles. The van der Waals surface area contributed by atoms with Gasteiger partial charge >= 0.3 is 6.09 Å². The molecule has 4 heterocycles. The number of aromatic nitrogens is 1. The van der Waals surface area contributed by atoms with Crippen molar-refractivity contribution in [1.29, 1.82) is 0 Å². The number of thiophene rings is 1. The monoisotopic (exact) mass is 507 g/mol. The molecule has 9 nitrogen and oxygen atoms in total. The second kappa shape index (κ2) is 11.0. The number of piperazine rings is 1. The van der Waals surface area contributed by atoms with Crippen molar-refractivity contribution in [2.75, 3.05) is 39.3 Å². The van der Waals surface area contributed by atoms with Gasteiger partial charge in [0.25, 0.3) is 5.91 Å². The van der Waals surface area contributed by atoms with E-state index in [4.69, 9.17) is 9.15 Å². The minimum Gasteiger partial charge on any atom is -0.460 e. The second-order valence-electron chi connectivity index (χ2n) is 8.77. The van der Waals surface area contributed by atoms with Gasteiger partial charge in [0, 0.05) is 50.5 Å². The molecule has 0 aliphatic carbocycles. The van der Waals surface area contributed by atoms with Crippen LogP contribution >= 0.6 is 11.3 Å². The summed E-state index contributed by atoms with van der Waals surface area (Å²) in [6, 6.07) is 13.9. The van der Waals surface area contributed by atoms with E-state index in [-0.39, 0.29) is 12.5 Å². The maximum absolute atomic E-state index is 12.6. The number of hydrazine groups is 1. The van der Waals surface area contributed by atoms with E-state index >= 15 is 0 Å². The molecular formula is C26H29N5O4S. The summed E-state index contributed by atoms with van der Waals surface area (Å²) in [5, 5.41) is 3.04. The Morgan fingerprint density at radius 1 is 1.03 bits per heavy atom. The lowest BCUT2D eigenvalue weighted by atomic mass is 10.2. The predicted octanol–water partition coefficient (Wildman–Crippen LogP) is 3.78. The molecule has 0 radical (unpaired) electrons. The maximum atomic E-state index is 12.6. The summed E-state index contributed by atoms with van der Waals surface area (Å²) >= 11 is 1.33. The van der Waals surface area contributed by atoms with Crippen LogP contribution in [0.15, 0.2) is 64.7 Å². The lowest BCUT2D eigenvalue weighted by Crippen LogP contribution is -2.47. The lowest BCUT2D eigenvalue weighted by molar-refractivity contribution is 0.0833. The van der Waals surface area contributed by atoms with E-state index in [1.807, 2.05) is 59.6 Å². The van der Waals surface area contributed by atoms with Gasteiger partial charge in [0.05, 0.1) is 12.2 Å². The fourth-order valence-electron chi connectivity index (χ4n) is 4.38. The highest BCUT2D eigenvalue weighted by molar-refractivity contribution is 7.12. The van der Waals surface area contributed by atoms with Crippen LogP contribution in [-0.2, 0) is 11.3 Å². The first-order chi connectivity index (χ1) is 17.6. The topological polar surface area (TPSA) is 92.0 Å². The van der Waals surface area contributed by atoms with Crippen molar-refractivity contribution in [3.63, 3.8) is 0 Å². The average molecular weight is 508 g/mol. The Bertz CT molecular complexity index is 1290. The predicted molar refractivity (Wildman–Crippen MR) is 138 cm³/mol. The molecule has 0 saturated carbocycles. The van der Waals surface area contributed by atoms with Crippen LogP contribution in [0.25, 0.3) is 16.7 Å². The van der Waals surface area contributed by atoms with Crippen molar-refractivity contribution in [2.24, 2.45) is 0 Å². The molecule has 10 heteroatoms. The molecule has 5 rings (SSSR count). The summed E-state index contributed by atoms with van der Waals surface area (Å²) in [7, 11) is 0. The first kappa shape index (κ1) is 24.1. The van der Waals surface area contributed by atoms with Crippen LogP contribution in [0.4, 0.5) is 4.79 Å². The zero-order valence-corrected chi connectivity index (χ0v) is 20.9. The molecule has 36 heavy (non-hydrogen) atoms. The molecule has 1 aliphatic heterocycles. The molecule has 0 atom stereocenters. The summed E-state index contributed by atoms with van der Waals surface area (Å²) in [5.74, 6) is 0.596. The highest BCUT2D eigenvalue weighted by Crippen LogP contribution is 2.26. The van der Waals surface area contributed by atoms with Crippen LogP contribution in [0.5, 0.6) is 0 Å². The van der Waals surface area contributed by atoms with Crippen molar-refractivity contribution < 1.29 is 18.7 Å². The summed E-state index contributed by atoms with van der Waals surface area (Å²) in [6.45, 7) is 7.25. The molecule has 4 aromatic rings. The number of hydrogen-bond acceptors (Lipinski definition) is 7. The van der Waals surface area contributed by atoms with Crippen molar-refractivity contribution in [3.05, 3.63) is 76.4 Å². The summed E-state index contributed by atoms with van der Waals surface area (Å²) < 4.78 is 13.1. The van der Waals surface area contributed by atoms with E-state index < -0.39 is 6.09 Å². The number of amides is 2. The zero-order chi connectivity index (χ0) is 24.9. The summed E-state index contributed by atoms with van der Waals surface area (Å²) in [4.78, 5) is 29.8. The van der Waals surface area contributed by atoms with Gasteiger partial charge in [-0.15, -0.1) is 11.3 Å². The van der Waals surface area contributed by atoms with Crippen LogP contribution in [0.1, 0.15) is 21.0 Å². The Hall–Kier alpha value is -3.60. The Morgan fingerprint density at radius 3 is 2.56 bits per heavy atom. The first-order valence-corrected chi connectivity index (χ1v) is 12.8. The lowest BCUT2D eigenvalue weighted by Gasteiger charge is -2.33. The summed E-state index contributed by atoms with van der Waals surface area (Å²) in [6.07, 6.45) is 3.08. The highest BCUT2D eigenvalue weighted by atomic mass is 32.1. The zero-order valence-electron chi connectivity index (χ0n) is 20.1. The maximum Gasteiger partial charge on any atom is 0.426 e. The largest absolute Gasteiger partial charge is 0.460 e. The standard InChI is InChI=1S/C26H29N5O4S/c1-19-18-36-24(23(19)31-8-4-5-9-31)25(32)27-28-26(33)34-15-14-29-10-12-30(13-11-29)17-21-16-20-6-2-3-7-22(20)35-21/h2-9,16,18H,10-15,17H2,1H3,(H,27,32)(H,28,33). The molecule has 1 saturated heterocycles. The summed E-state index contributed by atoms with van der Waals surface area (Å²) in [5.41, 5.74) is 7.50. The molecule has 1 aliphatic rings. The number of nitrogens with zero attached hydrogens (tertiary/aromatic N) is 3. The van der Waals surface area contributed by atoms with E-state index in [0.29, 0.717) is 11.4 Å². The van der Waals surface area contributed by atoms with E-state index in [2.05, 4.69) is 32.8 Å². The molecule has 1 fully saturated rings.